The van der Waals surface area contributed by atoms with Gasteiger partial charge in [0.05, 0.1) is 20.8 Å². The van der Waals surface area contributed by atoms with E-state index >= 15 is 0 Å². The topological polar surface area (TPSA) is 50.8 Å². The molecule has 128 valence electrons. The third-order valence-electron chi connectivity index (χ3n) is 4.28. The van der Waals surface area contributed by atoms with Crippen LogP contribution in [0.1, 0.15) is 25.8 Å². The molecule has 1 saturated heterocycles. The summed E-state index contributed by atoms with van der Waals surface area (Å²) in [6.07, 6.45) is 1.25. The van der Waals surface area contributed by atoms with Crippen molar-refractivity contribution in [2.24, 2.45) is 11.8 Å². The van der Waals surface area contributed by atoms with E-state index in [1.165, 1.54) is 6.42 Å². The normalized spacial score (nSPS) is 21.7. The molecule has 5 heteroatoms. The molecule has 23 heavy (non-hydrogen) atoms. The zero-order valence-electron chi connectivity index (χ0n) is 14.6. The van der Waals surface area contributed by atoms with E-state index in [0.717, 1.165) is 30.2 Å². The number of hydrogen-bond acceptors (Lipinski definition) is 4. The summed E-state index contributed by atoms with van der Waals surface area (Å²) >= 11 is 0. The summed E-state index contributed by atoms with van der Waals surface area (Å²) in [6, 6.07) is 5.62. The van der Waals surface area contributed by atoms with Gasteiger partial charge >= 0.3 is 0 Å². The van der Waals surface area contributed by atoms with Crippen molar-refractivity contribution in [2.45, 2.75) is 26.8 Å². The minimum atomic E-state index is 0.0594. The molecular formula is C18H28N2O3. The third-order valence-corrected chi connectivity index (χ3v) is 4.28. The van der Waals surface area contributed by atoms with Gasteiger partial charge in [0.25, 0.3) is 0 Å². The fourth-order valence-corrected chi connectivity index (χ4v) is 3.37. The Morgan fingerprint density at radius 2 is 1.91 bits per heavy atom. The first kappa shape index (κ1) is 17.6. The highest BCUT2D eigenvalue weighted by atomic mass is 16.5. The summed E-state index contributed by atoms with van der Waals surface area (Å²) in [5.74, 6) is 2.85. The Bertz CT molecular complexity index is 523. The number of carbonyl (C=O) groups excluding carboxylic acids is 1. The summed E-state index contributed by atoms with van der Waals surface area (Å²) in [5.41, 5.74) is 0.946. The number of rotatable bonds is 6. The molecule has 1 aliphatic rings. The predicted molar refractivity (Wildman–Crippen MR) is 90.8 cm³/mol. The van der Waals surface area contributed by atoms with Gasteiger partial charge in [-0.3, -0.25) is 9.69 Å². The van der Waals surface area contributed by atoms with Crippen LogP contribution < -0.4 is 14.8 Å². The molecule has 1 aromatic rings. The first-order chi connectivity index (χ1) is 11.0. The molecule has 0 unspecified atom stereocenters. The maximum Gasteiger partial charge on any atom is 0.234 e. The quantitative estimate of drug-likeness (QED) is 0.874. The van der Waals surface area contributed by atoms with Gasteiger partial charge in [0.15, 0.2) is 0 Å². The number of piperidine rings is 1. The van der Waals surface area contributed by atoms with Crippen LogP contribution in [0, 0.1) is 11.8 Å². The monoisotopic (exact) mass is 320 g/mol. The van der Waals surface area contributed by atoms with Gasteiger partial charge in [-0.1, -0.05) is 13.8 Å². The van der Waals surface area contributed by atoms with Crippen LogP contribution >= 0.6 is 0 Å². The highest BCUT2D eigenvalue weighted by Gasteiger charge is 2.23. The fourth-order valence-electron chi connectivity index (χ4n) is 3.37. The summed E-state index contributed by atoms with van der Waals surface area (Å²) < 4.78 is 10.5. The number of ether oxygens (including phenoxy) is 2. The van der Waals surface area contributed by atoms with E-state index in [4.69, 9.17) is 9.47 Å². The van der Waals surface area contributed by atoms with Gasteiger partial charge in [0.2, 0.25) is 5.91 Å². The van der Waals surface area contributed by atoms with E-state index in [9.17, 15) is 4.79 Å². The second-order valence-electron chi connectivity index (χ2n) is 6.59. The molecular weight excluding hydrogens is 292 g/mol. The van der Waals surface area contributed by atoms with Crippen molar-refractivity contribution in [1.82, 2.24) is 10.2 Å². The van der Waals surface area contributed by atoms with Crippen LogP contribution in [0.5, 0.6) is 11.5 Å². The van der Waals surface area contributed by atoms with Gasteiger partial charge < -0.3 is 14.8 Å². The molecule has 0 bridgehead atoms. The first-order valence-corrected chi connectivity index (χ1v) is 8.21. The van der Waals surface area contributed by atoms with E-state index < -0.39 is 0 Å². The molecule has 1 aliphatic heterocycles. The molecule has 1 N–H and O–H groups in total. The highest BCUT2D eigenvalue weighted by Crippen LogP contribution is 2.24. The third kappa shape index (κ3) is 5.13. The Balaban J connectivity index is 1.87. The molecule has 1 aromatic carbocycles. The molecule has 1 fully saturated rings. The summed E-state index contributed by atoms with van der Waals surface area (Å²) in [5, 5.41) is 2.99. The minimum Gasteiger partial charge on any atom is -0.497 e. The second-order valence-corrected chi connectivity index (χ2v) is 6.59. The lowest BCUT2D eigenvalue weighted by Crippen LogP contribution is -2.44. The van der Waals surface area contributed by atoms with Gasteiger partial charge in [-0.25, -0.2) is 0 Å². The Kier molecular flexibility index (Phi) is 6.28. The molecule has 0 aromatic heterocycles. The van der Waals surface area contributed by atoms with Crippen molar-refractivity contribution in [3.8, 4) is 11.5 Å². The molecule has 5 nitrogen and oxygen atoms in total. The van der Waals surface area contributed by atoms with E-state index in [1.807, 2.05) is 18.2 Å². The molecule has 2 rings (SSSR count). The molecule has 0 radical (unpaired) electrons. The van der Waals surface area contributed by atoms with Crippen LogP contribution in [0.3, 0.4) is 0 Å². The number of amides is 1. The molecule has 0 saturated carbocycles. The summed E-state index contributed by atoms with van der Waals surface area (Å²) in [6.45, 7) is 7.44. The lowest BCUT2D eigenvalue weighted by Gasteiger charge is -2.34. The lowest BCUT2D eigenvalue weighted by molar-refractivity contribution is -0.123. The number of hydrogen-bond donors (Lipinski definition) is 1. The Hall–Kier alpha value is -1.75. The highest BCUT2D eigenvalue weighted by molar-refractivity contribution is 5.78. The van der Waals surface area contributed by atoms with Crippen molar-refractivity contribution in [3.63, 3.8) is 0 Å². The molecule has 0 spiro atoms. The van der Waals surface area contributed by atoms with E-state index in [0.29, 0.717) is 24.9 Å². The van der Waals surface area contributed by atoms with Gasteiger partial charge in [0, 0.05) is 31.3 Å². The Morgan fingerprint density at radius 3 is 2.52 bits per heavy atom. The lowest BCUT2D eigenvalue weighted by atomic mass is 9.92. The van der Waals surface area contributed by atoms with E-state index in [2.05, 4.69) is 24.1 Å². The maximum absolute atomic E-state index is 12.2. The maximum atomic E-state index is 12.2. The smallest absolute Gasteiger partial charge is 0.234 e. The zero-order chi connectivity index (χ0) is 16.8. The van der Waals surface area contributed by atoms with E-state index in [-0.39, 0.29) is 5.91 Å². The Morgan fingerprint density at radius 1 is 1.22 bits per heavy atom. The van der Waals surface area contributed by atoms with Gasteiger partial charge in [-0.15, -0.1) is 0 Å². The average Bonchev–Trinajstić information content (AvgIpc) is 2.51. The van der Waals surface area contributed by atoms with Crippen LogP contribution in [0.4, 0.5) is 0 Å². The van der Waals surface area contributed by atoms with Crippen LogP contribution in [0.2, 0.25) is 0 Å². The Labute approximate surface area is 139 Å². The number of carbonyl (C=O) groups is 1. The van der Waals surface area contributed by atoms with Crippen LogP contribution in [-0.4, -0.2) is 44.7 Å². The second kappa shape index (κ2) is 8.20. The van der Waals surface area contributed by atoms with Crippen molar-refractivity contribution in [3.05, 3.63) is 23.8 Å². The van der Waals surface area contributed by atoms with Crippen LogP contribution in [0.25, 0.3) is 0 Å². The zero-order valence-corrected chi connectivity index (χ0v) is 14.6. The predicted octanol–water partition coefficient (Wildman–Crippen LogP) is 2.30. The van der Waals surface area contributed by atoms with Crippen molar-refractivity contribution in [1.29, 1.82) is 0 Å². The number of methoxy groups -OCH3 is 2. The van der Waals surface area contributed by atoms with Gasteiger partial charge in [-0.05, 0) is 30.4 Å². The molecule has 0 aliphatic carbocycles. The number of nitrogens with zero attached hydrogens (tertiary/aromatic N) is 1. The molecule has 1 amide bonds. The fraction of sp³-hybridized carbons (Fsp3) is 0.611. The number of likely N-dealkylation sites (tertiary alicyclic amines) is 1. The average molecular weight is 320 g/mol. The van der Waals surface area contributed by atoms with Gasteiger partial charge in [-0.2, -0.15) is 0 Å². The van der Waals surface area contributed by atoms with Crippen LogP contribution in [-0.2, 0) is 11.3 Å². The molecule has 2 atom stereocenters. The number of benzene rings is 1. The summed E-state index contributed by atoms with van der Waals surface area (Å²) in [7, 11) is 3.24. The summed E-state index contributed by atoms with van der Waals surface area (Å²) in [4.78, 5) is 14.5. The van der Waals surface area contributed by atoms with Gasteiger partial charge in [0.1, 0.15) is 11.5 Å². The van der Waals surface area contributed by atoms with Crippen LogP contribution in [0.15, 0.2) is 18.2 Å². The largest absolute Gasteiger partial charge is 0.497 e. The standard InChI is InChI=1S/C18H28N2O3/c1-13-7-14(2)11-20(10-13)12-18(21)19-9-15-5-6-16(22-3)8-17(15)23-4/h5-6,8,13-14H,7,9-12H2,1-4H3,(H,19,21)/t13-,14+. The minimum absolute atomic E-state index is 0.0594. The SMILES string of the molecule is COc1ccc(CNC(=O)CN2C[C@H](C)C[C@H](C)C2)c(OC)c1. The van der Waals surface area contributed by atoms with Crippen molar-refractivity contribution < 1.29 is 14.3 Å². The van der Waals surface area contributed by atoms with Crippen molar-refractivity contribution in [2.75, 3.05) is 33.9 Å². The first-order valence-electron chi connectivity index (χ1n) is 8.21. The van der Waals surface area contributed by atoms with E-state index in [1.54, 1.807) is 14.2 Å². The molecule has 1 heterocycles. The van der Waals surface area contributed by atoms with Crippen molar-refractivity contribution >= 4 is 5.91 Å². The number of nitrogens with one attached hydrogen (secondary N) is 1.